The average Bonchev–Trinajstić information content (AvgIpc) is 3.00. The smallest absolute Gasteiger partial charge is 0.246 e. The van der Waals surface area contributed by atoms with E-state index in [1.807, 2.05) is 23.1 Å². The number of rotatable bonds is 2. The number of piperidine rings is 1. The maximum Gasteiger partial charge on any atom is 0.246 e. The Morgan fingerprint density at radius 1 is 1.12 bits per heavy atom. The zero-order chi connectivity index (χ0) is 16.4. The van der Waals surface area contributed by atoms with E-state index in [1.165, 1.54) is 11.1 Å². The molecule has 4 nitrogen and oxygen atoms in total. The average molecular weight is 320 g/mol. The van der Waals surface area contributed by atoms with Crippen LogP contribution in [0.4, 0.5) is 0 Å². The van der Waals surface area contributed by atoms with Gasteiger partial charge in [0.25, 0.3) is 0 Å². The first-order valence-corrected chi connectivity index (χ1v) is 8.37. The Kier molecular flexibility index (Phi) is 3.90. The molecule has 122 valence electrons. The van der Waals surface area contributed by atoms with Gasteiger partial charge >= 0.3 is 0 Å². The highest BCUT2D eigenvalue weighted by atomic mass is 16.5. The number of fused-ring (bicyclic) bond motifs is 2. The highest BCUT2D eigenvalue weighted by molar-refractivity contribution is 5.91. The van der Waals surface area contributed by atoms with Gasteiger partial charge in [-0.25, -0.2) is 0 Å². The fourth-order valence-corrected chi connectivity index (χ4v) is 3.62. The summed E-state index contributed by atoms with van der Waals surface area (Å²) in [6, 6.07) is 14.1. The number of nitrogens with zero attached hydrogens (tertiary/aromatic N) is 2. The Bertz CT molecular complexity index is 762. The quantitative estimate of drug-likeness (QED) is 0.798. The van der Waals surface area contributed by atoms with Crippen molar-refractivity contribution < 1.29 is 9.53 Å². The molecule has 1 fully saturated rings. The lowest BCUT2D eigenvalue weighted by Crippen LogP contribution is -2.44. The van der Waals surface area contributed by atoms with Crippen LogP contribution in [-0.2, 0) is 21.7 Å². The van der Waals surface area contributed by atoms with Crippen LogP contribution in [0.1, 0.15) is 29.7 Å². The number of likely N-dealkylation sites (tertiary alicyclic amines) is 1. The summed E-state index contributed by atoms with van der Waals surface area (Å²) in [5.41, 5.74) is 3.19. The predicted molar refractivity (Wildman–Crippen MR) is 92.0 cm³/mol. The van der Waals surface area contributed by atoms with E-state index >= 15 is 0 Å². The van der Waals surface area contributed by atoms with Crippen molar-refractivity contribution >= 4 is 12.0 Å². The van der Waals surface area contributed by atoms with Crippen molar-refractivity contribution in [2.45, 2.75) is 25.0 Å². The van der Waals surface area contributed by atoms with E-state index in [2.05, 4.69) is 29.2 Å². The molecule has 2 aliphatic rings. The molecule has 1 aromatic heterocycles. The molecule has 1 spiro atoms. The van der Waals surface area contributed by atoms with Crippen LogP contribution in [0.25, 0.3) is 6.08 Å². The lowest BCUT2D eigenvalue weighted by Gasteiger charge is -2.39. The molecule has 0 bridgehead atoms. The van der Waals surface area contributed by atoms with Crippen molar-refractivity contribution in [1.82, 2.24) is 9.88 Å². The SMILES string of the molecule is O=C(C=Cc1ccccn1)N1CCC2(CC1)OCc1ccccc12. The molecule has 0 radical (unpaired) electrons. The Hall–Kier alpha value is -2.46. The van der Waals surface area contributed by atoms with Crippen LogP contribution in [0.3, 0.4) is 0 Å². The van der Waals surface area contributed by atoms with E-state index in [1.54, 1.807) is 18.3 Å². The van der Waals surface area contributed by atoms with Crippen molar-refractivity contribution in [2.24, 2.45) is 0 Å². The van der Waals surface area contributed by atoms with Crippen LogP contribution in [0, 0.1) is 0 Å². The van der Waals surface area contributed by atoms with Gasteiger partial charge in [0.05, 0.1) is 17.9 Å². The molecule has 2 aliphatic heterocycles. The fourth-order valence-electron chi connectivity index (χ4n) is 3.62. The minimum atomic E-state index is -0.196. The monoisotopic (exact) mass is 320 g/mol. The van der Waals surface area contributed by atoms with E-state index in [9.17, 15) is 4.79 Å². The molecule has 0 N–H and O–H groups in total. The fraction of sp³-hybridized carbons (Fsp3) is 0.300. The van der Waals surface area contributed by atoms with Gasteiger partial charge in [-0.15, -0.1) is 0 Å². The highest BCUT2D eigenvalue weighted by Gasteiger charge is 2.42. The molecule has 0 unspecified atom stereocenters. The number of aromatic nitrogens is 1. The summed E-state index contributed by atoms with van der Waals surface area (Å²) < 4.78 is 6.14. The van der Waals surface area contributed by atoms with Crippen molar-refractivity contribution in [3.8, 4) is 0 Å². The Morgan fingerprint density at radius 2 is 1.92 bits per heavy atom. The van der Waals surface area contributed by atoms with Crippen LogP contribution in [-0.4, -0.2) is 28.9 Å². The third-order valence-corrected chi connectivity index (χ3v) is 4.98. The number of pyridine rings is 1. The van der Waals surface area contributed by atoms with Gasteiger partial charge in [-0.1, -0.05) is 30.3 Å². The third kappa shape index (κ3) is 2.74. The number of ether oxygens (including phenoxy) is 1. The first-order chi connectivity index (χ1) is 11.8. The number of hydrogen-bond acceptors (Lipinski definition) is 3. The van der Waals surface area contributed by atoms with Gasteiger partial charge in [0.2, 0.25) is 5.91 Å². The topological polar surface area (TPSA) is 42.4 Å². The molecule has 0 atom stereocenters. The Balaban J connectivity index is 1.42. The van der Waals surface area contributed by atoms with Crippen LogP contribution >= 0.6 is 0 Å². The number of amides is 1. The summed E-state index contributed by atoms with van der Waals surface area (Å²) in [5.74, 6) is 0.0433. The molecular formula is C20H20N2O2. The molecule has 3 heterocycles. The van der Waals surface area contributed by atoms with Gasteiger partial charge in [-0.2, -0.15) is 0 Å². The minimum absolute atomic E-state index is 0.0433. The summed E-state index contributed by atoms with van der Waals surface area (Å²) in [5, 5.41) is 0. The number of benzene rings is 1. The minimum Gasteiger partial charge on any atom is -0.365 e. The number of carbonyl (C=O) groups is 1. The number of hydrogen-bond donors (Lipinski definition) is 0. The molecule has 1 amide bonds. The van der Waals surface area contributed by atoms with Crippen LogP contribution in [0.2, 0.25) is 0 Å². The first-order valence-electron chi connectivity index (χ1n) is 8.37. The molecule has 4 rings (SSSR count). The lowest BCUT2D eigenvalue weighted by molar-refractivity contribution is -0.133. The van der Waals surface area contributed by atoms with Gasteiger partial charge in [0.1, 0.15) is 0 Å². The van der Waals surface area contributed by atoms with Crippen LogP contribution in [0.15, 0.2) is 54.7 Å². The summed E-state index contributed by atoms with van der Waals surface area (Å²) in [6.07, 6.45) is 6.82. The summed E-state index contributed by atoms with van der Waals surface area (Å²) in [7, 11) is 0. The molecule has 1 saturated heterocycles. The Labute approximate surface area is 141 Å². The second kappa shape index (κ2) is 6.21. The summed E-state index contributed by atoms with van der Waals surface area (Å²) in [6.45, 7) is 2.13. The van der Waals surface area contributed by atoms with E-state index in [4.69, 9.17) is 4.74 Å². The van der Waals surface area contributed by atoms with Crippen molar-refractivity contribution in [3.63, 3.8) is 0 Å². The summed E-state index contributed by atoms with van der Waals surface area (Å²) in [4.78, 5) is 18.5. The molecule has 2 aromatic rings. The van der Waals surface area contributed by atoms with Gasteiger partial charge in [-0.3, -0.25) is 9.78 Å². The second-order valence-electron chi connectivity index (χ2n) is 6.35. The molecule has 4 heteroatoms. The highest BCUT2D eigenvalue weighted by Crippen LogP contribution is 2.43. The molecule has 0 saturated carbocycles. The maximum atomic E-state index is 12.4. The van der Waals surface area contributed by atoms with E-state index < -0.39 is 0 Å². The molecular weight excluding hydrogens is 300 g/mol. The predicted octanol–water partition coefficient (Wildman–Crippen LogP) is 3.14. The van der Waals surface area contributed by atoms with Crippen molar-refractivity contribution in [1.29, 1.82) is 0 Å². The first kappa shape index (κ1) is 15.1. The Morgan fingerprint density at radius 3 is 2.71 bits per heavy atom. The number of carbonyl (C=O) groups excluding carboxylic acids is 1. The van der Waals surface area contributed by atoms with Crippen molar-refractivity contribution in [3.05, 3.63) is 71.6 Å². The van der Waals surface area contributed by atoms with Gasteiger partial charge in [0, 0.05) is 25.4 Å². The molecule has 24 heavy (non-hydrogen) atoms. The van der Waals surface area contributed by atoms with Crippen LogP contribution in [0.5, 0.6) is 0 Å². The second-order valence-corrected chi connectivity index (χ2v) is 6.35. The zero-order valence-corrected chi connectivity index (χ0v) is 13.5. The maximum absolute atomic E-state index is 12.4. The molecule has 1 aromatic carbocycles. The van der Waals surface area contributed by atoms with Crippen LogP contribution < -0.4 is 0 Å². The van der Waals surface area contributed by atoms with Gasteiger partial charge < -0.3 is 9.64 Å². The third-order valence-electron chi connectivity index (χ3n) is 4.98. The standard InChI is InChI=1S/C20H20N2O2/c23-19(9-8-17-6-3-4-12-21-17)22-13-10-20(11-14-22)18-7-2-1-5-16(18)15-24-20/h1-9,12H,10-11,13-15H2. The van der Waals surface area contributed by atoms with E-state index in [0.29, 0.717) is 6.61 Å². The lowest BCUT2D eigenvalue weighted by atomic mass is 9.84. The van der Waals surface area contributed by atoms with E-state index in [0.717, 1.165) is 31.6 Å². The van der Waals surface area contributed by atoms with Gasteiger partial charge in [-0.05, 0) is 42.2 Å². The van der Waals surface area contributed by atoms with E-state index in [-0.39, 0.29) is 11.5 Å². The van der Waals surface area contributed by atoms with Gasteiger partial charge in [0.15, 0.2) is 0 Å². The largest absolute Gasteiger partial charge is 0.365 e. The normalized spacial score (nSPS) is 18.9. The zero-order valence-electron chi connectivity index (χ0n) is 13.5. The molecule has 0 aliphatic carbocycles. The van der Waals surface area contributed by atoms with Crippen molar-refractivity contribution in [2.75, 3.05) is 13.1 Å². The summed E-state index contributed by atoms with van der Waals surface area (Å²) >= 11 is 0.